The van der Waals surface area contributed by atoms with Crippen LogP contribution in [-0.2, 0) is 0 Å². The lowest BCUT2D eigenvalue weighted by Gasteiger charge is -2.15. The summed E-state index contributed by atoms with van der Waals surface area (Å²) in [5, 5.41) is 4.41. The van der Waals surface area contributed by atoms with Crippen LogP contribution >= 0.6 is 23.2 Å². The van der Waals surface area contributed by atoms with Gasteiger partial charge in [-0.05, 0) is 32.5 Å². The predicted molar refractivity (Wildman–Crippen MR) is 67.7 cm³/mol. The third-order valence-corrected chi connectivity index (χ3v) is 2.96. The van der Waals surface area contributed by atoms with Crippen molar-refractivity contribution >= 4 is 23.2 Å². The van der Waals surface area contributed by atoms with E-state index >= 15 is 0 Å². The van der Waals surface area contributed by atoms with Gasteiger partial charge >= 0.3 is 0 Å². The summed E-state index contributed by atoms with van der Waals surface area (Å²) in [6.07, 6.45) is 2.12. The maximum absolute atomic E-state index is 6.15. The Balaban J connectivity index is 3.13. The van der Waals surface area contributed by atoms with Crippen LogP contribution in [0, 0.1) is 0 Å². The normalized spacial score (nSPS) is 12.3. The Morgan fingerprint density at radius 2 is 2.00 bits per heavy atom. The van der Waals surface area contributed by atoms with Gasteiger partial charge in [-0.3, -0.25) is 0 Å². The summed E-state index contributed by atoms with van der Waals surface area (Å²) >= 11 is 12.1. The molecule has 0 amide bonds. The minimum absolute atomic E-state index is 0.112. The Morgan fingerprint density at radius 3 is 2.53 bits per heavy atom. The van der Waals surface area contributed by atoms with Gasteiger partial charge in [0, 0.05) is 0 Å². The third-order valence-electron chi connectivity index (χ3n) is 2.13. The van der Waals surface area contributed by atoms with Gasteiger partial charge in [0.05, 0.1) is 16.1 Å². The standard InChI is InChI=1S/C12H15Cl2N/c1-8(2)7-11(15-3)9-5-4-6-10(13)12(9)14/h4-7,11,15H,1-3H3. The zero-order valence-electron chi connectivity index (χ0n) is 9.14. The maximum atomic E-state index is 6.15. The first kappa shape index (κ1) is 12.6. The molecular formula is C12H15Cl2N. The van der Waals surface area contributed by atoms with Crippen molar-refractivity contribution in [2.24, 2.45) is 0 Å². The van der Waals surface area contributed by atoms with Gasteiger partial charge in [-0.15, -0.1) is 0 Å². The molecule has 0 aliphatic heterocycles. The molecule has 0 heterocycles. The average Bonchev–Trinajstić information content (AvgIpc) is 2.19. The average molecular weight is 244 g/mol. The molecule has 0 fully saturated rings. The van der Waals surface area contributed by atoms with E-state index in [-0.39, 0.29) is 6.04 Å². The molecule has 82 valence electrons. The van der Waals surface area contributed by atoms with Crippen molar-refractivity contribution in [1.82, 2.24) is 5.32 Å². The second-order valence-corrected chi connectivity index (χ2v) is 4.44. The first-order chi connectivity index (χ1) is 7.06. The van der Waals surface area contributed by atoms with Crippen molar-refractivity contribution in [2.75, 3.05) is 7.05 Å². The number of allylic oxidation sites excluding steroid dienone is 1. The molecule has 1 unspecified atom stereocenters. The number of halogens is 2. The lowest BCUT2D eigenvalue weighted by atomic mass is 10.0. The van der Waals surface area contributed by atoms with Crippen molar-refractivity contribution in [3.63, 3.8) is 0 Å². The Labute approximate surface area is 101 Å². The lowest BCUT2D eigenvalue weighted by Crippen LogP contribution is -2.14. The van der Waals surface area contributed by atoms with Gasteiger partial charge in [0.15, 0.2) is 0 Å². The highest BCUT2D eigenvalue weighted by molar-refractivity contribution is 6.42. The number of hydrogen-bond donors (Lipinski definition) is 1. The van der Waals surface area contributed by atoms with E-state index in [2.05, 4.69) is 25.2 Å². The molecule has 15 heavy (non-hydrogen) atoms. The molecule has 0 saturated carbocycles. The number of likely N-dealkylation sites (N-methyl/N-ethyl adjacent to an activating group) is 1. The maximum Gasteiger partial charge on any atom is 0.0643 e. The summed E-state index contributed by atoms with van der Waals surface area (Å²) in [5.74, 6) is 0. The smallest absolute Gasteiger partial charge is 0.0643 e. The van der Waals surface area contributed by atoms with Crippen LogP contribution < -0.4 is 5.32 Å². The highest BCUT2D eigenvalue weighted by atomic mass is 35.5. The Bertz CT molecular complexity index is 368. The SMILES string of the molecule is CNC(C=C(C)C)c1cccc(Cl)c1Cl. The van der Waals surface area contributed by atoms with Crippen LogP contribution in [0.4, 0.5) is 0 Å². The molecule has 1 rings (SSSR count). The molecule has 1 aromatic rings. The molecule has 0 bridgehead atoms. The van der Waals surface area contributed by atoms with Crippen molar-refractivity contribution in [3.8, 4) is 0 Å². The van der Waals surface area contributed by atoms with E-state index in [0.29, 0.717) is 10.0 Å². The fourth-order valence-corrected chi connectivity index (χ4v) is 1.85. The zero-order chi connectivity index (χ0) is 11.4. The Kier molecular flexibility index (Phi) is 4.65. The monoisotopic (exact) mass is 243 g/mol. The fourth-order valence-electron chi connectivity index (χ4n) is 1.42. The molecular weight excluding hydrogens is 229 g/mol. The van der Waals surface area contributed by atoms with Gasteiger partial charge in [0.2, 0.25) is 0 Å². The minimum Gasteiger partial charge on any atom is -0.310 e. The van der Waals surface area contributed by atoms with Crippen LogP contribution in [0.3, 0.4) is 0 Å². The van der Waals surface area contributed by atoms with Gasteiger partial charge < -0.3 is 5.32 Å². The molecule has 0 aromatic heterocycles. The van der Waals surface area contributed by atoms with E-state index in [1.807, 2.05) is 19.2 Å². The molecule has 0 saturated heterocycles. The van der Waals surface area contributed by atoms with E-state index in [9.17, 15) is 0 Å². The number of hydrogen-bond acceptors (Lipinski definition) is 1. The van der Waals surface area contributed by atoms with E-state index in [1.54, 1.807) is 6.07 Å². The van der Waals surface area contributed by atoms with E-state index in [0.717, 1.165) is 5.56 Å². The Morgan fingerprint density at radius 1 is 1.33 bits per heavy atom. The van der Waals surface area contributed by atoms with Gasteiger partial charge in [-0.25, -0.2) is 0 Å². The fraction of sp³-hybridized carbons (Fsp3) is 0.333. The van der Waals surface area contributed by atoms with Crippen molar-refractivity contribution < 1.29 is 0 Å². The van der Waals surface area contributed by atoms with Crippen molar-refractivity contribution in [1.29, 1.82) is 0 Å². The number of nitrogens with one attached hydrogen (secondary N) is 1. The first-order valence-electron chi connectivity index (χ1n) is 4.82. The van der Waals surface area contributed by atoms with Crippen LogP contribution in [0.15, 0.2) is 29.8 Å². The number of rotatable bonds is 3. The van der Waals surface area contributed by atoms with Crippen LogP contribution in [0.25, 0.3) is 0 Å². The summed E-state index contributed by atoms with van der Waals surface area (Å²) in [5.41, 5.74) is 2.25. The zero-order valence-corrected chi connectivity index (χ0v) is 10.7. The number of benzene rings is 1. The summed E-state index contributed by atoms with van der Waals surface area (Å²) in [7, 11) is 1.90. The minimum atomic E-state index is 0.112. The van der Waals surface area contributed by atoms with E-state index in [1.165, 1.54) is 5.57 Å². The molecule has 0 spiro atoms. The van der Waals surface area contributed by atoms with Gasteiger partial charge in [0.25, 0.3) is 0 Å². The quantitative estimate of drug-likeness (QED) is 0.785. The van der Waals surface area contributed by atoms with Crippen LogP contribution in [0.5, 0.6) is 0 Å². The third kappa shape index (κ3) is 3.23. The van der Waals surface area contributed by atoms with Gasteiger partial charge in [-0.1, -0.05) is 47.0 Å². The molecule has 0 aliphatic rings. The summed E-state index contributed by atoms with van der Waals surface area (Å²) < 4.78 is 0. The van der Waals surface area contributed by atoms with Crippen LogP contribution in [0.2, 0.25) is 10.0 Å². The molecule has 1 nitrogen and oxygen atoms in total. The van der Waals surface area contributed by atoms with E-state index in [4.69, 9.17) is 23.2 Å². The largest absolute Gasteiger partial charge is 0.310 e. The lowest BCUT2D eigenvalue weighted by molar-refractivity contribution is 0.710. The molecule has 0 aliphatic carbocycles. The summed E-state index contributed by atoms with van der Waals surface area (Å²) in [6.45, 7) is 4.12. The second kappa shape index (κ2) is 5.55. The Hall–Kier alpha value is -0.500. The molecule has 1 atom stereocenters. The van der Waals surface area contributed by atoms with Crippen molar-refractivity contribution in [2.45, 2.75) is 19.9 Å². The topological polar surface area (TPSA) is 12.0 Å². The second-order valence-electron chi connectivity index (χ2n) is 3.65. The van der Waals surface area contributed by atoms with Crippen LogP contribution in [0.1, 0.15) is 25.5 Å². The van der Waals surface area contributed by atoms with Crippen LogP contribution in [-0.4, -0.2) is 7.05 Å². The molecule has 1 aromatic carbocycles. The molecule has 3 heteroatoms. The predicted octanol–water partition coefficient (Wildman–Crippen LogP) is 4.22. The molecule has 0 radical (unpaired) electrons. The highest BCUT2D eigenvalue weighted by Gasteiger charge is 2.11. The summed E-state index contributed by atoms with van der Waals surface area (Å²) in [4.78, 5) is 0. The van der Waals surface area contributed by atoms with Gasteiger partial charge in [-0.2, -0.15) is 0 Å². The first-order valence-corrected chi connectivity index (χ1v) is 5.58. The highest BCUT2D eigenvalue weighted by Crippen LogP contribution is 2.30. The summed E-state index contributed by atoms with van der Waals surface area (Å²) in [6, 6.07) is 5.80. The van der Waals surface area contributed by atoms with Crippen molar-refractivity contribution in [3.05, 3.63) is 45.5 Å². The van der Waals surface area contributed by atoms with E-state index < -0.39 is 0 Å². The molecule has 1 N–H and O–H groups in total. The van der Waals surface area contributed by atoms with Gasteiger partial charge in [0.1, 0.15) is 0 Å².